The molecule has 3 N–H and O–H groups in total. The normalized spacial score (nSPS) is 11.2. The predicted molar refractivity (Wildman–Crippen MR) is 151 cm³/mol. The summed E-state index contributed by atoms with van der Waals surface area (Å²) >= 11 is 8.66. The predicted octanol–water partition coefficient (Wildman–Crippen LogP) is 6.03. The maximum atomic E-state index is 12.8. The van der Waals surface area contributed by atoms with Crippen molar-refractivity contribution in [1.29, 1.82) is 0 Å². The summed E-state index contributed by atoms with van der Waals surface area (Å²) in [4.78, 5) is 12.9. The Morgan fingerprint density at radius 2 is 1.72 bits per heavy atom. The number of rotatable bonds is 8. The molecule has 7 nitrogen and oxygen atoms in total. The van der Waals surface area contributed by atoms with E-state index >= 15 is 0 Å². The standard InChI is InChI=1S/C26H28BrN3O4S2/c1-16(2)15-34-24-12-6-19(27)14-22(24)25(31)29-26(35)28-20-7-9-21(10-8-20)36(32,33)30-23-11-5-17(3)13-18(23)4/h5-14,16,30H,15H2,1-4H3,(H2,28,29,31,35). The summed E-state index contributed by atoms with van der Waals surface area (Å²) in [5, 5.41) is 5.61. The van der Waals surface area contributed by atoms with Gasteiger partial charge in [-0.1, -0.05) is 47.5 Å². The van der Waals surface area contributed by atoms with Gasteiger partial charge < -0.3 is 10.1 Å². The molecule has 0 radical (unpaired) electrons. The van der Waals surface area contributed by atoms with Crippen molar-refractivity contribution in [2.75, 3.05) is 16.6 Å². The molecule has 0 spiro atoms. The highest BCUT2D eigenvalue weighted by atomic mass is 79.9. The number of benzene rings is 3. The molecule has 3 aromatic rings. The van der Waals surface area contributed by atoms with E-state index in [4.69, 9.17) is 17.0 Å². The number of carbonyl (C=O) groups excluding carboxylic acids is 1. The van der Waals surface area contributed by atoms with Crippen molar-refractivity contribution in [2.45, 2.75) is 32.6 Å². The molecule has 0 aliphatic rings. The highest BCUT2D eigenvalue weighted by Crippen LogP contribution is 2.24. The second-order valence-electron chi connectivity index (χ2n) is 8.70. The number of aryl methyl sites for hydroxylation is 2. The molecular weight excluding hydrogens is 562 g/mol. The second-order valence-corrected chi connectivity index (χ2v) is 11.7. The molecule has 1 amide bonds. The van der Waals surface area contributed by atoms with Gasteiger partial charge in [-0.3, -0.25) is 14.8 Å². The molecule has 3 aromatic carbocycles. The van der Waals surface area contributed by atoms with Gasteiger partial charge in [-0.25, -0.2) is 8.42 Å². The molecular formula is C26H28BrN3O4S2. The van der Waals surface area contributed by atoms with Crippen molar-refractivity contribution in [1.82, 2.24) is 5.32 Å². The van der Waals surface area contributed by atoms with Crippen LogP contribution in [0, 0.1) is 19.8 Å². The van der Waals surface area contributed by atoms with Crippen molar-refractivity contribution >= 4 is 60.6 Å². The summed E-state index contributed by atoms with van der Waals surface area (Å²) < 4.78 is 34.7. The van der Waals surface area contributed by atoms with Crippen LogP contribution < -0.4 is 20.1 Å². The molecule has 0 saturated heterocycles. The Labute approximate surface area is 225 Å². The van der Waals surface area contributed by atoms with E-state index in [1.165, 1.54) is 12.1 Å². The lowest BCUT2D eigenvalue weighted by molar-refractivity contribution is 0.0973. The Morgan fingerprint density at radius 1 is 1.03 bits per heavy atom. The van der Waals surface area contributed by atoms with Gasteiger partial charge >= 0.3 is 0 Å². The number of anilines is 2. The minimum absolute atomic E-state index is 0.0683. The number of halogens is 1. The van der Waals surface area contributed by atoms with Crippen molar-refractivity contribution in [2.24, 2.45) is 5.92 Å². The maximum Gasteiger partial charge on any atom is 0.261 e. The van der Waals surface area contributed by atoms with Gasteiger partial charge in [-0.2, -0.15) is 0 Å². The van der Waals surface area contributed by atoms with Crippen LogP contribution in [0.5, 0.6) is 5.75 Å². The third-order valence-electron chi connectivity index (χ3n) is 5.03. The summed E-state index contributed by atoms with van der Waals surface area (Å²) in [7, 11) is -3.77. The maximum absolute atomic E-state index is 12.8. The Morgan fingerprint density at radius 3 is 2.36 bits per heavy atom. The molecule has 0 heterocycles. The Balaban J connectivity index is 1.66. The third-order valence-corrected chi connectivity index (χ3v) is 7.11. The molecule has 190 valence electrons. The van der Waals surface area contributed by atoms with Gasteiger partial charge in [0, 0.05) is 10.2 Å². The van der Waals surface area contributed by atoms with Crippen molar-refractivity contribution in [3.63, 3.8) is 0 Å². The first-order valence-corrected chi connectivity index (χ1v) is 13.9. The van der Waals surface area contributed by atoms with E-state index in [9.17, 15) is 13.2 Å². The van der Waals surface area contributed by atoms with E-state index < -0.39 is 15.9 Å². The molecule has 10 heteroatoms. The molecule has 3 rings (SSSR count). The van der Waals surface area contributed by atoms with Crippen LogP contribution in [0.4, 0.5) is 11.4 Å². The fraction of sp³-hybridized carbons (Fsp3) is 0.231. The number of carbonyl (C=O) groups is 1. The highest BCUT2D eigenvalue weighted by Gasteiger charge is 2.17. The van der Waals surface area contributed by atoms with Crippen LogP contribution in [0.3, 0.4) is 0 Å². The SMILES string of the molecule is Cc1ccc(NS(=O)(=O)c2ccc(NC(=S)NC(=O)c3cc(Br)ccc3OCC(C)C)cc2)c(C)c1. The van der Waals surface area contributed by atoms with Crippen LogP contribution in [0.1, 0.15) is 35.3 Å². The topological polar surface area (TPSA) is 96.5 Å². The fourth-order valence-corrected chi connectivity index (χ4v) is 4.95. The third kappa shape index (κ3) is 7.52. The summed E-state index contributed by atoms with van der Waals surface area (Å²) in [6, 6.07) is 16.8. The average molecular weight is 591 g/mol. The lowest BCUT2D eigenvalue weighted by Crippen LogP contribution is -2.34. The number of sulfonamides is 1. The van der Waals surface area contributed by atoms with Gasteiger partial charge in [0.05, 0.1) is 22.8 Å². The van der Waals surface area contributed by atoms with E-state index in [1.54, 1.807) is 36.4 Å². The zero-order valence-corrected chi connectivity index (χ0v) is 23.6. The quantitative estimate of drug-likeness (QED) is 0.278. The minimum atomic E-state index is -3.77. The van der Waals surface area contributed by atoms with Crippen LogP contribution in [-0.4, -0.2) is 26.0 Å². The highest BCUT2D eigenvalue weighted by molar-refractivity contribution is 9.10. The molecule has 0 aromatic heterocycles. The van der Waals surface area contributed by atoms with Gasteiger partial charge in [-0.05, 0) is 86.1 Å². The minimum Gasteiger partial charge on any atom is -0.492 e. The number of nitrogens with one attached hydrogen (secondary N) is 3. The molecule has 36 heavy (non-hydrogen) atoms. The first-order valence-electron chi connectivity index (χ1n) is 11.2. The summed E-state index contributed by atoms with van der Waals surface area (Å²) in [6.45, 7) is 8.31. The fourth-order valence-electron chi connectivity index (χ4n) is 3.24. The van der Waals surface area contributed by atoms with E-state index in [2.05, 4.69) is 31.3 Å². The average Bonchev–Trinajstić information content (AvgIpc) is 2.80. The van der Waals surface area contributed by atoms with Crippen molar-refractivity contribution in [3.8, 4) is 5.75 Å². The molecule has 0 bridgehead atoms. The lowest BCUT2D eigenvalue weighted by Gasteiger charge is -2.15. The zero-order valence-electron chi connectivity index (χ0n) is 20.4. The summed E-state index contributed by atoms with van der Waals surface area (Å²) in [5.41, 5.74) is 3.27. The van der Waals surface area contributed by atoms with Crippen LogP contribution in [0.15, 0.2) is 70.0 Å². The summed E-state index contributed by atoms with van der Waals surface area (Å²) in [5.74, 6) is 0.331. The van der Waals surface area contributed by atoms with Crippen LogP contribution in [0.2, 0.25) is 0 Å². The van der Waals surface area contributed by atoms with E-state index in [0.717, 1.165) is 15.6 Å². The molecule has 0 fully saturated rings. The van der Waals surface area contributed by atoms with Gasteiger partial charge in [0.15, 0.2) is 5.11 Å². The number of hydrogen-bond donors (Lipinski definition) is 3. The van der Waals surface area contributed by atoms with Crippen LogP contribution in [-0.2, 0) is 10.0 Å². The van der Waals surface area contributed by atoms with Crippen molar-refractivity contribution < 1.29 is 17.9 Å². The Hall–Kier alpha value is -2.95. The van der Waals surface area contributed by atoms with Crippen LogP contribution in [0.25, 0.3) is 0 Å². The smallest absolute Gasteiger partial charge is 0.261 e. The molecule has 0 aliphatic carbocycles. The molecule has 0 unspecified atom stereocenters. The number of thiocarbonyl (C=S) groups is 1. The van der Waals surface area contributed by atoms with Crippen molar-refractivity contribution in [3.05, 3.63) is 81.8 Å². The Kier molecular flexibility index (Phi) is 9.10. The largest absolute Gasteiger partial charge is 0.492 e. The second kappa shape index (κ2) is 11.9. The lowest BCUT2D eigenvalue weighted by atomic mass is 10.1. The number of ether oxygens (including phenoxy) is 1. The van der Waals surface area contributed by atoms with Crippen LogP contribution >= 0.6 is 28.1 Å². The van der Waals surface area contributed by atoms with E-state index in [0.29, 0.717) is 35.2 Å². The van der Waals surface area contributed by atoms with Gasteiger partial charge in [0.25, 0.3) is 15.9 Å². The monoisotopic (exact) mass is 589 g/mol. The zero-order chi connectivity index (χ0) is 26.5. The van der Waals surface area contributed by atoms with Gasteiger partial charge in [0.1, 0.15) is 5.75 Å². The van der Waals surface area contributed by atoms with E-state index in [-0.39, 0.29) is 10.0 Å². The first-order chi connectivity index (χ1) is 16.9. The van der Waals surface area contributed by atoms with Gasteiger partial charge in [0.2, 0.25) is 0 Å². The Bertz CT molecular complexity index is 1370. The molecule has 0 saturated carbocycles. The molecule has 0 aliphatic heterocycles. The first kappa shape index (κ1) is 27.6. The van der Waals surface area contributed by atoms with Gasteiger partial charge in [-0.15, -0.1) is 0 Å². The van der Waals surface area contributed by atoms with E-state index in [1.807, 2.05) is 39.8 Å². The number of hydrogen-bond acceptors (Lipinski definition) is 5. The summed E-state index contributed by atoms with van der Waals surface area (Å²) in [6.07, 6.45) is 0. The molecule has 0 atom stereocenters. The number of amides is 1.